The Bertz CT molecular complexity index is 1390. The second-order valence-corrected chi connectivity index (χ2v) is 8.79. The summed E-state index contributed by atoms with van der Waals surface area (Å²) in [6, 6.07) is 8.55. The second kappa shape index (κ2) is 12.4. The summed E-state index contributed by atoms with van der Waals surface area (Å²) >= 11 is 0. The Hall–Kier alpha value is -4.02. The van der Waals surface area contributed by atoms with E-state index in [1.807, 2.05) is 0 Å². The Morgan fingerprint density at radius 3 is 2.55 bits per heavy atom. The predicted molar refractivity (Wildman–Crippen MR) is 133 cm³/mol. The number of rotatable bonds is 7. The fraction of sp³-hybridized carbons (Fsp3) is 0.333. The second-order valence-electron chi connectivity index (χ2n) is 8.79. The highest BCUT2D eigenvalue weighted by Crippen LogP contribution is 2.33. The maximum atomic E-state index is 13.0. The van der Waals surface area contributed by atoms with Crippen molar-refractivity contribution in [1.29, 1.82) is 0 Å². The van der Waals surface area contributed by atoms with Gasteiger partial charge in [-0.25, -0.2) is 4.98 Å². The molecule has 1 saturated heterocycles. The van der Waals surface area contributed by atoms with Crippen molar-refractivity contribution in [3.05, 3.63) is 65.5 Å². The van der Waals surface area contributed by atoms with E-state index in [-0.39, 0.29) is 35.0 Å². The van der Waals surface area contributed by atoms with Crippen LogP contribution in [0, 0.1) is 11.8 Å². The quantitative estimate of drug-likeness (QED) is 0.233. The first-order chi connectivity index (χ1) is 19.0. The number of amides is 1. The summed E-state index contributed by atoms with van der Waals surface area (Å²) in [5.74, 6) is 3.92. The Morgan fingerprint density at radius 2 is 1.85 bits per heavy atom. The number of carbonyl (C=O) groups is 1. The van der Waals surface area contributed by atoms with Gasteiger partial charge in [0, 0.05) is 36.7 Å². The highest BCUT2D eigenvalue weighted by molar-refractivity contribution is 6.05. The zero-order chi connectivity index (χ0) is 28.8. The van der Waals surface area contributed by atoms with Gasteiger partial charge in [-0.1, -0.05) is 12.0 Å². The van der Waals surface area contributed by atoms with Crippen LogP contribution in [0.4, 0.5) is 32.0 Å². The van der Waals surface area contributed by atoms with E-state index >= 15 is 0 Å². The number of imidazole rings is 1. The van der Waals surface area contributed by atoms with Crippen LogP contribution in [0.1, 0.15) is 23.2 Å². The summed E-state index contributed by atoms with van der Waals surface area (Å²) in [5.41, 5.74) is -1.62. The largest absolute Gasteiger partial charge is 0.491 e. The molecule has 1 amide bonds. The van der Waals surface area contributed by atoms with Gasteiger partial charge in [-0.05, 0) is 42.8 Å². The zero-order valence-corrected chi connectivity index (χ0v) is 21.0. The minimum Gasteiger partial charge on any atom is -0.491 e. The van der Waals surface area contributed by atoms with Gasteiger partial charge in [0.25, 0.3) is 0 Å². The van der Waals surface area contributed by atoms with Gasteiger partial charge < -0.3 is 19.8 Å². The lowest BCUT2D eigenvalue weighted by Gasteiger charge is -2.26. The van der Waals surface area contributed by atoms with Crippen LogP contribution in [0.15, 0.2) is 48.7 Å². The number of morpholine rings is 1. The van der Waals surface area contributed by atoms with Gasteiger partial charge in [0.1, 0.15) is 17.3 Å². The summed E-state index contributed by atoms with van der Waals surface area (Å²) < 4.78 is 89.1. The van der Waals surface area contributed by atoms with Crippen molar-refractivity contribution >= 4 is 11.6 Å². The molecule has 40 heavy (non-hydrogen) atoms. The molecule has 1 fully saturated rings. The van der Waals surface area contributed by atoms with Crippen molar-refractivity contribution in [2.24, 2.45) is 0 Å². The standard InChI is InChI=1S/C27H24F6N4O3/c28-26(29,30)20-4-1-3-18(15-20)5-8-24(38)35-21-16-19(25-34-17-23(36-25)27(31,32)33)6-7-22(21)40-12-2-9-37-10-13-39-14-11-37/h1,3-4,6-7,15-17H,2,9-14H2,(H,34,36)(H,35,38). The first-order valence-electron chi connectivity index (χ1n) is 12.2. The van der Waals surface area contributed by atoms with Gasteiger partial charge >= 0.3 is 18.3 Å². The van der Waals surface area contributed by atoms with Crippen LogP contribution in [0.3, 0.4) is 0 Å². The molecule has 0 bridgehead atoms. The molecule has 3 aromatic rings. The Balaban J connectivity index is 1.51. The average molecular weight is 567 g/mol. The van der Waals surface area contributed by atoms with Crippen LogP contribution in [-0.4, -0.2) is 60.2 Å². The molecule has 1 aliphatic rings. The number of aromatic amines is 1. The van der Waals surface area contributed by atoms with E-state index in [2.05, 4.69) is 32.0 Å². The smallest absolute Gasteiger partial charge is 0.432 e. The van der Waals surface area contributed by atoms with Crippen molar-refractivity contribution in [2.75, 3.05) is 44.8 Å². The minimum atomic E-state index is -4.62. The third-order valence-corrected chi connectivity index (χ3v) is 5.87. The molecule has 0 spiro atoms. The number of aromatic nitrogens is 2. The van der Waals surface area contributed by atoms with E-state index in [1.54, 1.807) is 0 Å². The van der Waals surface area contributed by atoms with Gasteiger partial charge in [0.15, 0.2) is 0 Å². The zero-order valence-electron chi connectivity index (χ0n) is 21.0. The van der Waals surface area contributed by atoms with Gasteiger partial charge in [0.2, 0.25) is 0 Å². The van der Waals surface area contributed by atoms with E-state index in [0.29, 0.717) is 25.8 Å². The lowest BCUT2D eigenvalue weighted by molar-refractivity contribution is -0.141. The SMILES string of the molecule is O=C(C#Cc1cccc(C(F)(F)F)c1)Nc1cc(-c2ncc(C(F)(F)F)[nH]2)ccc1OCCCN1CCOCC1. The monoisotopic (exact) mass is 566 g/mol. The average Bonchev–Trinajstić information content (AvgIpc) is 3.42. The molecule has 0 saturated carbocycles. The maximum Gasteiger partial charge on any atom is 0.432 e. The predicted octanol–water partition coefficient (Wildman–Crippen LogP) is 5.21. The molecule has 0 radical (unpaired) electrons. The number of nitrogens with one attached hydrogen (secondary N) is 2. The van der Waals surface area contributed by atoms with Crippen molar-refractivity contribution < 1.29 is 40.6 Å². The van der Waals surface area contributed by atoms with Crippen LogP contribution in [0.2, 0.25) is 0 Å². The van der Waals surface area contributed by atoms with E-state index in [4.69, 9.17) is 9.47 Å². The van der Waals surface area contributed by atoms with E-state index in [9.17, 15) is 31.1 Å². The molecule has 1 aromatic heterocycles. The topological polar surface area (TPSA) is 79.5 Å². The number of hydrogen-bond acceptors (Lipinski definition) is 5. The van der Waals surface area contributed by atoms with E-state index in [0.717, 1.165) is 31.8 Å². The first-order valence-corrected chi connectivity index (χ1v) is 12.2. The number of alkyl halides is 6. The molecule has 0 aliphatic carbocycles. The summed E-state index contributed by atoms with van der Waals surface area (Å²) in [6.07, 6.45) is -7.86. The van der Waals surface area contributed by atoms with Gasteiger partial charge in [-0.2, -0.15) is 26.3 Å². The number of halogens is 6. The van der Waals surface area contributed by atoms with Gasteiger partial charge in [0.05, 0.1) is 37.3 Å². The molecule has 1 aliphatic heterocycles. The Labute approximate surface area is 225 Å². The summed E-state index contributed by atoms with van der Waals surface area (Å²) in [5, 5.41) is 2.51. The third-order valence-electron chi connectivity index (χ3n) is 5.87. The van der Waals surface area contributed by atoms with Crippen LogP contribution in [0.5, 0.6) is 5.75 Å². The molecule has 2 N–H and O–H groups in total. The molecule has 13 heteroatoms. The highest BCUT2D eigenvalue weighted by Gasteiger charge is 2.33. The van der Waals surface area contributed by atoms with Crippen molar-refractivity contribution in [1.82, 2.24) is 14.9 Å². The minimum absolute atomic E-state index is 0.0198. The number of H-pyrrole nitrogens is 1. The van der Waals surface area contributed by atoms with Crippen LogP contribution in [-0.2, 0) is 21.9 Å². The lowest BCUT2D eigenvalue weighted by atomic mass is 10.1. The molecule has 0 unspecified atom stereocenters. The molecular formula is C27H24F6N4O3. The molecular weight excluding hydrogens is 542 g/mol. The molecule has 0 atom stereocenters. The molecule has 212 valence electrons. The molecule has 2 heterocycles. The maximum absolute atomic E-state index is 13.0. The third kappa shape index (κ3) is 8.00. The molecule has 2 aromatic carbocycles. The van der Waals surface area contributed by atoms with E-state index in [1.165, 1.54) is 30.3 Å². The van der Waals surface area contributed by atoms with Gasteiger partial charge in [-0.15, -0.1) is 0 Å². The number of hydrogen-bond donors (Lipinski definition) is 2. The number of ether oxygens (including phenoxy) is 2. The molecule has 7 nitrogen and oxygen atoms in total. The summed E-state index contributed by atoms with van der Waals surface area (Å²) in [4.78, 5) is 20.8. The van der Waals surface area contributed by atoms with Gasteiger partial charge in [-0.3, -0.25) is 9.69 Å². The van der Waals surface area contributed by atoms with Crippen molar-refractivity contribution in [2.45, 2.75) is 18.8 Å². The fourth-order valence-electron chi connectivity index (χ4n) is 3.86. The molecule has 4 rings (SSSR count). The number of anilines is 1. The van der Waals surface area contributed by atoms with Crippen LogP contribution < -0.4 is 10.1 Å². The summed E-state index contributed by atoms with van der Waals surface area (Å²) in [6.45, 7) is 3.98. The lowest BCUT2D eigenvalue weighted by Crippen LogP contribution is -2.37. The normalized spacial score (nSPS) is 14.3. The van der Waals surface area contributed by atoms with Crippen molar-refractivity contribution in [3.63, 3.8) is 0 Å². The van der Waals surface area contributed by atoms with Crippen LogP contribution >= 0.6 is 0 Å². The number of nitrogens with zero attached hydrogens (tertiary/aromatic N) is 2. The Morgan fingerprint density at radius 1 is 1.07 bits per heavy atom. The highest BCUT2D eigenvalue weighted by atomic mass is 19.4. The first kappa shape index (κ1) is 29.0. The number of benzene rings is 2. The van der Waals surface area contributed by atoms with Crippen molar-refractivity contribution in [3.8, 4) is 29.0 Å². The fourth-order valence-corrected chi connectivity index (χ4v) is 3.86. The Kier molecular flexibility index (Phi) is 9.01. The van der Waals surface area contributed by atoms with E-state index < -0.39 is 29.5 Å². The summed E-state index contributed by atoms with van der Waals surface area (Å²) in [7, 11) is 0. The number of carbonyl (C=O) groups excluding carboxylic acids is 1. The van der Waals surface area contributed by atoms with Crippen LogP contribution in [0.25, 0.3) is 11.4 Å².